The van der Waals surface area contributed by atoms with Gasteiger partial charge in [-0.3, -0.25) is 0 Å². The fourth-order valence-electron chi connectivity index (χ4n) is 1.42. The van der Waals surface area contributed by atoms with Crippen molar-refractivity contribution in [3.8, 4) is 11.6 Å². The molecule has 2 rings (SSSR count). The molecule has 1 aromatic heterocycles. The maximum Gasteiger partial charge on any atom is 0.219 e. The summed E-state index contributed by atoms with van der Waals surface area (Å²) in [4.78, 5) is 4.34. The van der Waals surface area contributed by atoms with E-state index in [9.17, 15) is 0 Å². The van der Waals surface area contributed by atoms with Crippen molar-refractivity contribution in [3.05, 3.63) is 53.2 Å². The van der Waals surface area contributed by atoms with Crippen LogP contribution in [0, 0.1) is 0 Å². The van der Waals surface area contributed by atoms with Gasteiger partial charge in [-0.25, -0.2) is 4.98 Å². The number of ether oxygens (including phenoxy) is 1. The maximum atomic E-state index is 6.02. The number of halogens is 1. The number of hydrogen-bond acceptors (Lipinski definition) is 3. The molecule has 1 N–H and O–H groups in total. The van der Waals surface area contributed by atoms with Gasteiger partial charge in [-0.1, -0.05) is 29.8 Å². The first-order chi connectivity index (χ1) is 8.29. The Balaban J connectivity index is 2.19. The van der Waals surface area contributed by atoms with Crippen LogP contribution in [0.25, 0.3) is 0 Å². The molecule has 1 heterocycles. The molecule has 0 aliphatic carbocycles. The Morgan fingerprint density at radius 1 is 1.18 bits per heavy atom. The minimum atomic E-state index is 0.547. The van der Waals surface area contributed by atoms with E-state index in [1.54, 1.807) is 12.1 Å². The van der Waals surface area contributed by atoms with Crippen molar-refractivity contribution in [2.45, 2.75) is 6.54 Å². The standard InChI is InChI=1S/C13H13ClN2O/c1-15-9-12-11(14)7-8-13(16-12)17-10-5-3-2-4-6-10/h2-8,15H,9H2,1H3. The molecule has 0 saturated carbocycles. The van der Waals surface area contributed by atoms with Gasteiger partial charge in [0.2, 0.25) is 5.88 Å². The molecule has 0 aliphatic heterocycles. The summed E-state index contributed by atoms with van der Waals surface area (Å²) in [6, 6.07) is 13.1. The van der Waals surface area contributed by atoms with Crippen LogP contribution < -0.4 is 10.1 Å². The summed E-state index contributed by atoms with van der Waals surface area (Å²) in [6.07, 6.45) is 0. The first kappa shape index (κ1) is 11.9. The molecular formula is C13H13ClN2O. The molecule has 1 aromatic carbocycles. The highest BCUT2D eigenvalue weighted by Crippen LogP contribution is 2.22. The van der Waals surface area contributed by atoms with Crippen molar-refractivity contribution < 1.29 is 4.74 Å². The lowest BCUT2D eigenvalue weighted by atomic mass is 10.3. The molecule has 0 spiro atoms. The second kappa shape index (κ2) is 5.66. The fourth-order valence-corrected chi connectivity index (χ4v) is 1.59. The topological polar surface area (TPSA) is 34.2 Å². The van der Waals surface area contributed by atoms with Crippen LogP contribution in [-0.2, 0) is 6.54 Å². The predicted octanol–water partition coefficient (Wildman–Crippen LogP) is 3.25. The Kier molecular flexibility index (Phi) is 3.96. The number of rotatable bonds is 4. The summed E-state index contributed by atoms with van der Waals surface area (Å²) >= 11 is 6.02. The van der Waals surface area contributed by atoms with Gasteiger partial charge in [0.15, 0.2) is 0 Å². The Hall–Kier alpha value is -1.58. The molecule has 0 aliphatic rings. The number of benzene rings is 1. The SMILES string of the molecule is CNCc1nc(Oc2ccccc2)ccc1Cl. The van der Waals surface area contributed by atoms with Gasteiger partial charge in [-0.15, -0.1) is 0 Å². The molecule has 0 unspecified atom stereocenters. The van der Waals surface area contributed by atoms with Gasteiger partial charge in [0, 0.05) is 12.6 Å². The molecular weight excluding hydrogens is 236 g/mol. The van der Waals surface area contributed by atoms with Gasteiger partial charge in [0.05, 0.1) is 10.7 Å². The number of nitrogens with zero attached hydrogens (tertiary/aromatic N) is 1. The smallest absolute Gasteiger partial charge is 0.219 e. The molecule has 17 heavy (non-hydrogen) atoms. The van der Waals surface area contributed by atoms with E-state index in [-0.39, 0.29) is 0 Å². The number of pyridine rings is 1. The largest absolute Gasteiger partial charge is 0.439 e. The predicted molar refractivity (Wildman–Crippen MR) is 68.5 cm³/mol. The monoisotopic (exact) mass is 248 g/mol. The number of hydrogen-bond donors (Lipinski definition) is 1. The Bertz CT molecular complexity index is 488. The summed E-state index contributed by atoms with van der Waals surface area (Å²) in [5.74, 6) is 1.31. The molecule has 0 saturated heterocycles. The lowest BCUT2D eigenvalue weighted by Crippen LogP contribution is -2.07. The van der Waals surface area contributed by atoms with Crippen LogP contribution in [0.3, 0.4) is 0 Å². The summed E-state index contributed by atoms with van der Waals surface area (Å²) in [6.45, 7) is 0.616. The molecule has 2 aromatic rings. The summed E-state index contributed by atoms with van der Waals surface area (Å²) < 4.78 is 5.62. The van der Waals surface area contributed by atoms with Crippen molar-refractivity contribution in [2.75, 3.05) is 7.05 Å². The van der Waals surface area contributed by atoms with Crippen LogP contribution in [0.15, 0.2) is 42.5 Å². The summed E-state index contributed by atoms with van der Waals surface area (Å²) in [5, 5.41) is 3.65. The van der Waals surface area contributed by atoms with Gasteiger partial charge in [-0.05, 0) is 25.2 Å². The minimum Gasteiger partial charge on any atom is -0.439 e. The van der Waals surface area contributed by atoms with Gasteiger partial charge >= 0.3 is 0 Å². The van der Waals surface area contributed by atoms with E-state index in [0.29, 0.717) is 17.4 Å². The lowest BCUT2D eigenvalue weighted by Gasteiger charge is -2.07. The van der Waals surface area contributed by atoms with E-state index in [2.05, 4.69) is 10.3 Å². The number of nitrogens with one attached hydrogen (secondary N) is 1. The molecule has 0 amide bonds. The Labute approximate surface area is 105 Å². The van der Waals surface area contributed by atoms with Gasteiger partial charge in [-0.2, -0.15) is 0 Å². The van der Waals surface area contributed by atoms with Gasteiger partial charge in [0.1, 0.15) is 5.75 Å². The highest BCUT2D eigenvalue weighted by atomic mass is 35.5. The molecule has 88 valence electrons. The van der Waals surface area contributed by atoms with Crippen LogP contribution in [0.4, 0.5) is 0 Å². The zero-order valence-electron chi connectivity index (χ0n) is 9.48. The Morgan fingerprint density at radius 2 is 1.94 bits per heavy atom. The second-order valence-corrected chi connectivity index (χ2v) is 3.93. The Morgan fingerprint density at radius 3 is 2.65 bits per heavy atom. The molecule has 0 bridgehead atoms. The van der Waals surface area contributed by atoms with Crippen molar-refractivity contribution in [1.29, 1.82) is 0 Å². The quantitative estimate of drug-likeness (QED) is 0.902. The minimum absolute atomic E-state index is 0.547. The third-order valence-electron chi connectivity index (χ3n) is 2.20. The normalized spacial score (nSPS) is 10.2. The zero-order chi connectivity index (χ0) is 12.1. The highest BCUT2D eigenvalue weighted by Gasteiger charge is 2.04. The molecule has 0 fully saturated rings. The van der Waals surface area contributed by atoms with Crippen LogP contribution in [0.2, 0.25) is 5.02 Å². The van der Waals surface area contributed by atoms with Crippen LogP contribution in [0.1, 0.15) is 5.69 Å². The van der Waals surface area contributed by atoms with Crippen molar-refractivity contribution in [3.63, 3.8) is 0 Å². The van der Waals surface area contributed by atoms with Crippen molar-refractivity contribution in [2.24, 2.45) is 0 Å². The van der Waals surface area contributed by atoms with E-state index in [0.717, 1.165) is 11.4 Å². The van der Waals surface area contributed by atoms with Crippen molar-refractivity contribution >= 4 is 11.6 Å². The summed E-state index contributed by atoms with van der Waals surface area (Å²) in [5.41, 5.74) is 0.780. The average Bonchev–Trinajstić information content (AvgIpc) is 2.35. The third kappa shape index (κ3) is 3.19. The van der Waals surface area contributed by atoms with Crippen LogP contribution in [0.5, 0.6) is 11.6 Å². The van der Waals surface area contributed by atoms with E-state index < -0.39 is 0 Å². The van der Waals surface area contributed by atoms with Crippen molar-refractivity contribution in [1.82, 2.24) is 10.3 Å². The molecule has 3 nitrogen and oxygen atoms in total. The molecule has 0 atom stereocenters. The number of aromatic nitrogens is 1. The van der Waals surface area contributed by atoms with E-state index >= 15 is 0 Å². The van der Waals surface area contributed by atoms with Gasteiger partial charge < -0.3 is 10.1 Å². The summed E-state index contributed by atoms with van der Waals surface area (Å²) in [7, 11) is 1.85. The van der Waals surface area contributed by atoms with Crippen LogP contribution in [-0.4, -0.2) is 12.0 Å². The van der Waals surface area contributed by atoms with E-state index in [1.807, 2.05) is 37.4 Å². The molecule has 4 heteroatoms. The first-order valence-corrected chi connectivity index (χ1v) is 5.70. The zero-order valence-corrected chi connectivity index (χ0v) is 10.2. The van der Waals surface area contributed by atoms with E-state index in [4.69, 9.17) is 16.3 Å². The number of para-hydroxylation sites is 1. The first-order valence-electron chi connectivity index (χ1n) is 5.32. The van der Waals surface area contributed by atoms with Gasteiger partial charge in [0.25, 0.3) is 0 Å². The van der Waals surface area contributed by atoms with Crippen LogP contribution >= 0.6 is 11.6 Å². The fraction of sp³-hybridized carbons (Fsp3) is 0.154. The van der Waals surface area contributed by atoms with E-state index in [1.165, 1.54) is 0 Å². The second-order valence-electron chi connectivity index (χ2n) is 3.52. The average molecular weight is 249 g/mol. The maximum absolute atomic E-state index is 6.02. The molecule has 0 radical (unpaired) electrons. The highest BCUT2D eigenvalue weighted by molar-refractivity contribution is 6.31. The lowest BCUT2D eigenvalue weighted by molar-refractivity contribution is 0.460. The third-order valence-corrected chi connectivity index (χ3v) is 2.55.